The van der Waals surface area contributed by atoms with E-state index in [9.17, 15) is 27.6 Å². The highest BCUT2D eigenvalue weighted by Gasteiger charge is 2.30. The van der Waals surface area contributed by atoms with Gasteiger partial charge in [-0.2, -0.15) is 13.2 Å². The summed E-state index contributed by atoms with van der Waals surface area (Å²) in [7, 11) is 0. The SMILES string of the molecule is C[C@@H]1CCCC[C@@H]1NC(=O)COC(=O)CNC(=O)c1ccc(C(F)(F)F)cc1. The van der Waals surface area contributed by atoms with Crippen LogP contribution in [0.3, 0.4) is 0 Å². The van der Waals surface area contributed by atoms with Gasteiger partial charge < -0.3 is 15.4 Å². The third-order valence-corrected chi connectivity index (χ3v) is 4.69. The molecule has 0 aliphatic heterocycles. The predicted octanol–water partition coefficient (Wildman–Crippen LogP) is 2.67. The molecule has 2 atom stereocenters. The molecule has 6 nitrogen and oxygen atoms in total. The van der Waals surface area contributed by atoms with Gasteiger partial charge in [0.2, 0.25) is 0 Å². The van der Waals surface area contributed by atoms with Crippen molar-refractivity contribution in [3.8, 4) is 0 Å². The van der Waals surface area contributed by atoms with Gasteiger partial charge in [0.15, 0.2) is 6.61 Å². The molecule has 1 aromatic carbocycles. The van der Waals surface area contributed by atoms with Crippen molar-refractivity contribution in [1.82, 2.24) is 10.6 Å². The first-order valence-corrected chi connectivity index (χ1v) is 9.07. The summed E-state index contributed by atoms with van der Waals surface area (Å²) in [5.74, 6) is -1.56. The Labute approximate surface area is 160 Å². The first kappa shape index (κ1) is 21.7. The van der Waals surface area contributed by atoms with E-state index in [0.717, 1.165) is 49.9 Å². The number of nitrogens with one attached hydrogen (secondary N) is 2. The molecule has 0 heterocycles. The van der Waals surface area contributed by atoms with Gasteiger partial charge in [0.05, 0.1) is 5.56 Å². The first-order valence-electron chi connectivity index (χ1n) is 9.07. The zero-order chi connectivity index (χ0) is 20.7. The zero-order valence-electron chi connectivity index (χ0n) is 15.5. The highest BCUT2D eigenvalue weighted by Crippen LogP contribution is 2.29. The van der Waals surface area contributed by atoms with Crippen molar-refractivity contribution < 1.29 is 32.3 Å². The number of hydrogen-bond acceptors (Lipinski definition) is 4. The number of amides is 2. The molecule has 0 unspecified atom stereocenters. The van der Waals surface area contributed by atoms with E-state index < -0.39 is 42.7 Å². The van der Waals surface area contributed by atoms with E-state index in [1.54, 1.807) is 0 Å². The smallest absolute Gasteiger partial charge is 0.416 e. The number of halogens is 3. The molecule has 2 amide bonds. The van der Waals surface area contributed by atoms with Crippen molar-refractivity contribution in [3.63, 3.8) is 0 Å². The van der Waals surface area contributed by atoms with Crippen LogP contribution in [0.15, 0.2) is 24.3 Å². The van der Waals surface area contributed by atoms with Crippen molar-refractivity contribution in [3.05, 3.63) is 35.4 Å². The van der Waals surface area contributed by atoms with Crippen LogP contribution in [-0.4, -0.2) is 37.0 Å². The van der Waals surface area contributed by atoms with Crippen LogP contribution in [-0.2, 0) is 20.5 Å². The maximum absolute atomic E-state index is 12.5. The van der Waals surface area contributed by atoms with Crippen molar-refractivity contribution in [2.24, 2.45) is 5.92 Å². The lowest BCUT2D eigenvalue weighted by Crippen LogP contribution is -2.43. The minimum absolute atomic E-state index is 0.0233. The highest BCUT2D eigenvalue weighted by atomic mass is 19.4. The molecule has 0 radical (unpaired) electrons. The number of esters is 1. The fraction of sp³-hybridized carbons (Fsp3) is 0.526. The van der Waals surface area contributed by atoms with Gasteiger partial charge in [-0.05, 0) is 43.0 Å². The Kier molecular flexibility index (Phi) is 7.42. The molecule has 28 heavy (non-hydrogen) atoms. The van der Waals surface area contributed by atoms with Crippen LogP contribution in [0.25, 0.3) is 0 Å². The Morgan fingerprint density at radius 3 is 2.36 bits per heavy atom. The molecule has 0 saturated heterocycles. The van der Waals surface area contributed by atoms with Crippen molar-refractivity contribution in [2.45, 2.75) is 44.8 Å². The number of carbonyl (C=O) groups excluding carboxylic acids is 3. The van der Waals surface area contributed by atoms with Crippen LogP contribution < -0.4 is 10.6 Å². The second-order valence-electron chi connectivity index (χ2n) is 6.85. The van der Waals surface area contributed by atoms with Crippen LogP contribution in [0.2, 0.25) is 0 Å². The molecule has 0 aromatic heterocycles. The second kappa shape index (κ2) is 9.57. The van der Waals surface area contributed by atoms with E-state index in [1.165, 1.54) is 0 Å². The predicted molar refractivity (Wildman–Crippen MR) is 94.3 cm³/mol. The third kappa shape index (κ3) is 6.54. The molecule has 1 aromatic rings. The van der Waals surface area contributed by atoms with E-state index in [2.05, 4.69) is 17.6 Å². The third-order valence-electron chi connectivity index (χ3n) is 4.69. The number of ether oxygens (including phenoxy) is 1. The number of alkyl halides is 3. The number of carbonyl (C=O) groups is 3. The highest BCUT2D eigenvalue weighted by molar-refractivity contribution is 5.96. The molecule has 1 saturated carbocycles. The quantitative estimate of drug-likeness (QED) is 0.719. The van der Waals surface area contributed by atoms with Gasteiger partial charge in [0.25, 0.3) is 11.8 Å². The fourth-order valence-electron chi connectivity index (χ4n) is 3.04. The van der Waals surface area contributed by atoms with E-state index >= 15 is 0 Å². The molecule has 1 aliphatic carbocycles. The summed E-state index contributed by atoms with van der Waals surface area (Å²) in [6.45, 7) is 1.12. The molecule has 1 aliphatic rings. The maximum atomic E-state index is 12.5. The molecular formula is C19H23F3N2O4. The largest absolute Gasteiger partial charge is 0.454 e. The Morgan fingerprint density at radius 1 is 1.11 bits per heavy atom. The molecule has 0 bridgehead atoms. The Balaban J connectivity index is 1.71. The van der Waals surface area contributed by atoms with Gasteiger partial charge in [-0.25, -0.2) is 0 Å². The van der Waals surface area contributed by atoms with Gasteiger partial charge >= 0.3 is 12.1 Å². The van der Waals surface area contributed by atoms with Crippen molar-refractivity contribution in [2.75, 3.05) is 13.2 Å². The van der Waals surface area contributed by atoms with Gasteiger partial charge in [0, 0.05) is 11.6 Å². The van der Waals surface area contributed by atoms with E-state index in [0.29, 0.717) is 5.92 Å². The molecule has 0 spiro atoms. The average molecular weight is 400 g/mol. The molecule has 154 valence electrons. The second-order valence-corrected chi connectivity index (χ2v) is 6.85. The summed E-state index contributed by atoms with van der Waals surface area (Å²) in [6, 6.07) is 3.66. The van der Waals surface area contributed by atoms with Crippen molar-refractivity contribution in [1.29, 1.82) is 0 Å². The fourth-order valence-corrected chi connectivity index (χ4v) is 3.04. The van der Waals surface area contributed by atoms with Gasteiger partial charge in [0.1, 0.15) is 6.54 Å². The van der Waals surface area contributed by atoms with Crippen LogP contribution in [0, 0.1) is 5.92 Å². The lowest BCUT2D eigenvalue weighted by Gasteiger charge is -2.29. The Hall–Kier alpha value is -2.58. The lowest BCUT2D eigenvalue weighted by molar-refractivity contribution is -0.147. The van der Waals surface area contributed by atoms with Gasteiger partial charge in [-0.1, -0.05) is 19.8 Å². The molecular weight excluding hydrogens is 377 g/mol. The topological polar surface area (TPSA) is 84.5 Å². The zero-order valence-corrected chi connectivity index (χ0v) is 15.5. The lowest BCUT2D eigenvalue weighted by atomic mass is 9.86. The Bertz CT molecular complexity index is 704. The normalized spacial score (nSPS) is 19.6. The monoisotopic (exact) mass is 400 g/mol. The summed E-state index contributed by atoms with van der Waals surface area (Å²) in [6.07, 6.45) is -0.369. The van der Waals surface area contributed by atoms with Crippen LogP contribution in [0.4, 0.5) is 13.2 Å². The minimum atomic E-state index is -4.49. The van der Waals surface area contributed by atoms with E-state index in [1.807, 2.05) is 0 Å². The number of hydrogen-bond donors (Lipinski definition) is 2. The van der Waals surface area contributed by atoms with Crippen LogP contribution >= 0.6 is 0 Å². The molecule has 9 heteroatoms. The summed E-state index contributed by atoms with van der Waals surface area (Å²) in [4.78, 5) is 35.4. The van der Waals surface area contributed by atoms with Crippen molar-refractivity contribution >= 4 is 17.8 Å². The molecule has 1 fully saturated rings. The summed E-state index contributed by atoms with van der Waals surface area (Å²) in [5.41, 5.74) is -0.897. The number of benzene rings is 1. The number of rotatable bonds is 6. The summed E-state index contributed by atoms with van der Waals surface area (Å²) in [5, 5.41) is 5.08. The average Bonchev–Trinajstić information content (AvgIpc) is 2.65. The summed E-state index contributed by atoms with van der Waals surface area (Å²) >= 11 is 0. The minimum Gasteiger partial charge on any atom is -0.454 e. The van der Waals surface area contributed by atoms with Gasteiger partial charge in [-0.3, -0.25) is 14.4 Å². The van der Waals surface area contributed by atoms with Gasteiger partial charge in [-0.15, -0.1) is 0 Å². The van der Waals surface area contributed by atoms with E-state index in [4.69, 9.17) is 4.74 Å². The summed E-state index contributed by atoms with van der Waals surface area (Å²) < 4.78 is 42.3. The molecule has 2 rings (SSSR count). The van der Waals surface area contributed by atoms with Crippen LogP contribution in [0.1, 0.15) is 48.5 Å². The van der Waals surface area contributed by atoms with Crippen LogP contribution in [0.5, 0.6) is 0 Å². The standard InChI is InChI=1S/C19H23F3N2O4/c1-12-4-2-3-5-15(12)24-16(25)11-28-17(26)10-23-18(27)13-6-8-14(9-7-13)19(20,21)22/h6-9,12,15H,2-5,10-11H2,1H3,(H,23,27)(H,24,25)/t12-,15+/m1/s1. The molecule has 2 N–H and O–H groups in total. The first-order chi connectivity index (χ1) is 13.2. The maximum Gasteiger partial charge on any atom is 0.416 e. The Morgan fingerprint density at radius 2 is 1.75 bits per heavy atom. The van der Waals surface area contributed by atoms with E-state index in [-0.39, 0.29) is 11.6 Å².